The Morgan fingerprint density at radius 2 is 1.82 bits per heavy atom. The zero-order chi connectivity index (χ0) is 27.2. The Labute approximate surface area is 252 Å². The molecule has 0 radical (unpaired) electrons. The quantitative estimate of drug-likeness (QED) is 0.238. The van der Waals surface area contributed by atoms with Gasteiger partial charge in [-0.2, -0.15) is 5.26 Å². The minimum Gasteiger partial charge on any atom is -0.506 e. The van der Waals surface area contributed by atoms with Gasteiger partial charge in [-0.1, -0.05) is 12.1 Å². The van der Waals surface area contributed by atoms with E-state index in [0.29, 0.717) is 12.7 Å². The summed E-state index contributed by atoms with van der Waals surface area (Å²) in [5.41, 5.74) is 2.97. The third-order valence-corrected chi connectivity index (χ3v) is 8.73. The van der Waals surface area contributed by atoms with Gasteiger partial charge in [0.25, 0.3) is 5.91 Å². The van der Waals surface area contributed by atoms with Gasteiger partial charge in [0, 0.05) is 49.1 Å². The van der Waals surface area contributed by atoms with Crippen LogP contribution in [0.5, 0.6) is 5.75 Å². The molecule has 0 bridgehead atoms. The average molecular weight is 756 g/mol. The zero-order valence-corrected chi connectivity index (χ0v) is 25.7. The first-order valence-corrected chi connectivity index (χ1v) is 14.9. The van der Waals surface area contributed by atoms with Crippen molar-refractivity contribution in [1.82, 2.24) is 20.5 Å². The molecule has 1 atom stereocenters. The van der Waals surface area contributed by atoms with Crippen molar-refractivity contribution >= 4 is 73.5 Å². The molecule has 198 valence electrons. The first-order chi connectivity index (χ1) is 18.2. The minimum absolute atomic E-state index is 0.158. The molecule has 0 aliphatic carbocycles. The molecule has 0 spiro atoms. The predicted molar refractivity (Wildman–Crippen MR) is 164 cm³/mol. The van der Waals surface area contributed by atoms with E-state index in [0.717, 1.165) is 48.1 Å². The van der Waals surface area contributed by atoms with Gasteiger partial charge in [0.15, 0.2) is 5.13 Å². The number of nitrogens with zero attached hydrogens (tertiary/aromatic N) is 4. The van der Waals surface area contributed by atoms with E-state index in [1.54, 1.807) is 35.6 Å². The lowest BCUT2D eigenvalue weighted by molar-refractivity contribution is -0.122. The number of benzene rings is 2. The molecule has 4 rings (SSSR count). The van der Waals surface area contributed by atoms with Gasteiger partial charge < -0.3 is 25.5 Å². The number of aromatic nitrogens is 1. The maximum absolute atomic E-state index is 13.1. The average Bonchev–Trinajstić information content (AvgIpc) is 3.40. The van der Waals surface area contributed by atoms with Crippen LogP contribution in [0.3, 0.4) is 0 Å². The molecule has 12 heteroatoms. The number of carbonyl (C=O) groups excluding carboxylic acids is 2. The van der Waals surface area contributed by atoms with Gasteiger partial charge in [-0.3, -0.25) is 9.59 Å². The molecule has 1 aromatic heterocycles. The largest absolute Gasteiger partial charge is 0.506 e. The van der Waals surface area contributed by atoms with Gasteiger partial charge in [0.1, 0.15) is 18.3 Å². The van der Waals surface area contributed by atoms with Crippen molar-refractivity contribution in [2.24, 2.45) is 0 Å². The number of nitriles is 1. The highest BCUT2D eigenvalue weighted by Gasteiger charge is 2.23. The number of hydrogen-bond donors (Lipinski definition) is 3. The smallest absolute Gasteiger partial charge is 0.251 e. The van der Waals surface area contributed by atoms with Gasteiger partial charge in [-0.15, -0.1) is 11.3 Å². The Morgan fingerprint density at radius 1 is 1.16 bits per heavy atom. The lowest BCUT2D eigenvalue weighted by Crippen LogP contribution is -2.48. The summed E-state index contributed by atoms with van der Waals surface area (Å²) in [6.07, 6.45) is 0.210. The maximum atomic E-state index is 13.1. The summed E-state index contributed by atoms with van der Waals surface area (Å²) < 4.78 is 1.31. The van der Waals surface area contributed by atoms with Crippen LogP contribution in [0, 0.1) is 18.5 Å². The number of carbonyl (C=O) groups is 2. The standard InChI is InChI=1S/C26H26I2N6O3S/c1-33-8-10-34(11-9-33)26-32-22(15-38-26)17-2-4-18(5-3-17)24(36)31-21(25(37)30-7-6-29)14-16-12-19(27)23(35)20(28)13-16/h2-5,12-13,15,21,35H,7-11,14H2,1H3,(H,30,37)(H,31,36). The Morgan fingerprint density at radius 3 is 2.45 bits per heavy atom. The number of halogens is 2. The molecule has 3 aromatic rings. The first kappa shape index (κ1) is 28.5. The molecule has 1 aliphatic rings. The molecule has 2 heterocycles. The molecule has 38 heavy (non-hydrogen) atoms. The van der Waals surface area contributed by atoms with Gasteiger partial charge in [0.05, 0.1) is 18.9 Å². The first-order valence-electron chi connectivity index (χ1n) is 11.9. The number of phenolic OH excluding ortho intramolecular Hbond substituents is 1. The molecular formula is C26H26I2N6O3S. The highest BCUT2D eigenvalue weighted by atomic mass is 127. The second-order valence-corrected chi connectivity index (χ2v) is 12.1. The van der Waals surface area contributed by atoms with Crippen LogP contribution >= 0.6 is 56.5 Å². The number of anilines is 1. The number of phenols is 1. The normalized spacial score (nSPS) is 14.5. The Kier molecular flexibility index (Phi) is 9.80. The SMILES string of the molecule is CN1CCN(c2nc(-c3ccc(C(=O)NC(Cc4cc(I)c(O)c(I)c4)C(=O)NCC#N)cc3)cs2)CC1. The Hall–Kier alpha value is -2.48. The molecule has 2 aromatic carbocycles. The molecule has 1 aliphatic heterocycles. The van der Waals surface area contributed by atoms with Gasteiger partial charge >= 0.3 is 0 Å². The fourth-order valence-electron chi connectivity index (χ4n) is 4.00. The summed E-state index contributed by atoms with van der Waals surface area (Å²) in [4.78, 5) is 35.2. The fraction of sp³-hybridized carbons (Fsp3) is 0.308. The van der Waals surface area contributed by atoms with E-state index in [1.165, 1.54) is 0 Å². The van der Waals surface area contributed by atoms with Crippen molar-refractivity contribution in [2.75, 3.05) is 44.7 Å². The number of rotatable bonds is 8. The maximum Gasteiger partial charge on any atom is 0.251 e. The van der Waals surface area contributed by atoms with Crippen molar-refractivity contribution in [2.45, 2.75) is 12.5 Å². The summed E-state index contributed by atoms with van der Waals surface area (Å²) in [6.45, 7) is 3.77. The van der Waals surface area contributed by atoms with E-state index < -0.39 is 17.9 Å². The number of likely N-dealkylation sites (N-methyl/N-ethyl adjacent to an activating group) is 1. The Bertz CT molecular complexity index is 1330. The van der Waals surface area contributed by atoms with Crippen molar-refractivity contribution in [1.29, 1.82) is 5.26 Å². The van der Waals surface area contributed by atoms with Crippen LogP contribution in [0.4, 0.5) is 5.13 Å². The van der Waals surface area contributed by atoms with Crippen LogP contribution in [0.2, 0.25) is 0 Å². The number of amides is 2. The number of hydrogen-bond acceptors (Lipinski definition) is 8. The lowest BCUT2D eigenvalue weighted by Gasteiger charge is -2.32. The Balaban J connectivity index is 1.46. The summed E-state index contributed by atoms with van der Waals surface area (Å²) in [5, 5.41) is 27.3. The van der Waals surface area contributed by atoms with Crippen LogP contribution in [-0.2, 0) is 11.2 Å². The lowest BCUT2D eigenvalue weighted by atomic mass is 10.0. The number of aromatic hydroxyl groups is 1. The molecular weight excluding hydrogens is 730 g/mol. The van der Waals surface area contributed by atoms with Crippen molar-refractivity contribution in [3.63, 3.8) is 0 Å². The predicted octanol–water partition coefficient (Wildman–Crippen LogP) is 3.46. The topological polar surface area (TPSA) is 122 Å². The van der Waals surface area contributed by atoms with Crippen LogP contribution < -0.4 is 15.5 Å². The second kappa shape index (κ2) is 13.0. The monoisotopic (exact) mass is 756 g/mol. The van der Waals surface area contributed by atoms with E-state index in [1.807, 2.05) is 68.8 Å². The fourth-order valence-corrected chi connectivity index (χ4v) is 6.79. The van der Waals surface area contributed by atoms with Crippen molar-refractivity contribution in [3.05, 3.63) is 60.0 Å². The van der Waals surface area contributed by atoms with Gasteiger partial charge in [0.2, 0.25) is 5.91 Å². The van der Waals surface area contributed by atoms with Crippen LogP contribution in [0.15, 0.2) is 41.8 Å². The van der Waals surface area contributed by atoms with Crippen molar-refractivity contribution < 1.29 is 14.7 Å². The second-order valence-electron chi connectivity index (χ2n) is 8.90. The molecule has 9 nitrogen and oxygen atoms in total. The minimum atomic E-state index is -0.892. The van der Waals surface area contributed by atoms with E-state index in [4.69, 9.17) is 10.2 Å². The third-order valence-electron chi connectivity index (χ3n) is 6.19. The van der Waals surface area contributed by atoms with E-state index in [9.17, 15) is 14.7 Å². The van der Waals surface area contributed by atoms with Crippen molar-refractivity contribution in [3.8, 4) is 23.1 Å². The zero-order valence-electron chi connectivity index (χ0n) is 20.6. The number of piperazine rings is 1. The van der Waals surface area contributed by atoms with Gasteiger partial charge in [-0.25, -0.2) is 4.98 Å². The molecule has 1 fully saturated rings. The van der Waals surface area contributed by atoms with Crippen LogP contribution in [-0.4, -0.2) is 72.6 Å². The highest BCUT2D eigenvalue weighted by molar-refractivity contribution is 14.1. The number of thiazole rings is 1. The summed E-state index contributed by atoms with van der Waals surface area (Å²) >= 11 is 5.67. The molecule has 2 amide bonds. The number of nitrogens with one attached hydrogen (secondary N) is 2. The van der Waals surface area contributed by atoms with E-state index in [2.05, 4.69) is 27.5 Å². The molecule has 3 N–H and O–H groups in total. The summed E-state index contributed by atoms with van der Waals surface area (Å²) in [5.74, 6) is -0.665. The van der Waals surface area contributed by atoms with Crippen LogP contribution in [0.25, 0.3) is 11.3 Å². The summed E-state index contributed by atoms with van der Waals surface area (Å²) in [6, 6.07) is 11.7. The molecule has 0 saturated carbocycles. The molecule has 1 unspecified atom stereocenters. The van der Waals surface area contributed by atoms with E-state index >= 15 is 0 Å². The van der Waals surface area contributed by atoms with Crippen LogP contribution in [0.1, 0.15) is 15.9 Å². The highest BCUT2D eigenvalue weighted by Crippen LogP contribution is 2.29. The van der Waals surface area contributed by atoms with Gasteiger partial charge in [-0.05, 0) is 82.1 Å². The summed E-state index contributed by atoms with van der Waals surface area (Å²) in [7, 11) is 2.12. The third kappa shape index (κ3) is 7.13. The van der Waals surface area contributed by atoms with E-state index in [-0.39, 0.29) is 18.7 Å². The molecule has 1 saturated heterocycles.